The highest BCUT2D eigenvalue weighted by atomic mass is 16.5. The van der Waals surface area contributed by atoms with Crippen molar-refractivity contribution in [1.29, 1.82) is 0 Å². The summed E-state index contributed by atoms with van der Waals surface area (Å²) in [6, 6.07) is 10.6. The van der Waals surface area contributed by atoms with Crippen LogP contribution in [0.25, 0.3) is 0 Å². The molecule has 1 aromatic rings. The summed E-state index contributed by atoms with van der Waals surface area (Å²) in [4.78, 5) is 0. The van der Waals surface area contributed by atoms with Crippen LogP contribution in [0, 0.1) is 5.41 Å². The SMILES string of the molecule is COCC1(CCNCc2ccccc2)CC1. The number of hydrogen-bond donors (Lipinski definition) is 1. The summed E-state index contributed by atoms with van der Waals surface area (Å²) in [5, 5.41) is 3.50. The van der Waals surface area contributed by atoms with Crippen molar-refractivity contribution in [3.05, 3.63) is 35.9 Å². The molecule has 1 saturated carbocycles. The lowest BCUT2D eigenvalue weighted by atomic mass is 10.0. The number of nitrogens with one attached hydrogen (secondary N) is 1. The predicted octanol–water partition coefficient (Wildman–Crippen LogP) is 2.59. The van der Waals surface area contributed by atoms with Crippen LogP contribution in [-0.4, -0.2) is 20.3 Å². The predicted molar refractivity (Wildman–Crippen MR) is 66.3 cm³/mol. The Kier molecular flexibility index (Phi) is 3.97. The molecule has 1 fully saturated rings. The Morgan fingerprint density at radius 3 is 2.62 bits per heavy atom. The Labute approximate surface area is 98.0 Å². The van der Waals surface area contributed by atoms with Crippen molar-refractivity contribution in [2.75, 3.05) is 20.3 Å². The zero-order valence-corrected chi connectivity index (χ0v) is 10.0. The van der Waals surface area contributed by atoms with Crippen LogP contribution in [0.3, 0.4) is 0 Å². The van der Waals surface area contributed by atoms with Crippen molar-refractivity contribution in [1.82, 2.24) is 5.32 Å². The fourth-order valence-electron chi connectivity index (χ4n) is 2.13. The molecule has 0 unspecified atom stereocenters. The monoisotopic (exact) mass is 219 g/mol. The molecule has 2 heteroatoms. The minimum Gasteiger partial charge on any atom is -0.384 e. The lowest BCUT2D eigenvalue weighted by Gasteiger charge is -2.14. The maximum absolute atomic E-state index is 5.26. The molecule has 0 atom stereocenters. The van der Waals surface area contributed by atoms with E-state index >= 15 is 0 Å². The van der Waals surface area contributed by atoms with Crippen molar-refractivity contribution in [3.8, 4) is 0 Å². The molecule has 88 valence electrons. The molecule has 1 aliphatic rings. The van der Waals surface area contributed by atoms with Crippen LogP contribution in [-0.2, 0) is 11.3 Å². The number of benzene rings is 1. The molecule has 0 aliphatic heterocycles. The van der Waals surface area contributed by atoms with Gasteiger partial charge in [-0.3, -0.25) is 0 Å². The van der Waals surface area contributed by atoms with E-state index in [2.05, 4.69) is 35.6 Å². The molecule has 1 aromatic carbocycles. The fourth-order valence-corrected chi connectivity index (χ4v) is 2.13. The quantitative estimate of drug-likeness (QED) is 0.712. The van der Waals surface area contributed by atoms with Crippen LogP contribution in [0.5, 0.6) is 0 Å². The first kappa shape index (κ1) is 11.6. The number of hydrogen-bond acceptors (Lipinski definition) is 2. The Balaban J connectivity index is 1.62. The van der Waals surface area contributed by atoms with Crippen LogP contribution in [0.15, 0.2) is 30.3 Å². The third-order valence-corrected chi connectivity index (χ3v) is 3.41. The average Bonchev–Trinajstić information content (AvgIpc) is 3.07. The van der Waals surface area contributed by atoms with Gasteiger partial charge in [0.05, 0.1) is 6.61 Å². The number of methoxy groups -OCH3 is 1. The lowest BCUT2D eigenvalue weighted by Crippen LogP contribution is -2.20. The van der Waals surface area contributed by atoms with Crippen molar-refractivity contribution >= 4 is 0 Å². The molecule has 16 heavy (non-hydrogen) atoms. The zero-order valence-electron chi connectivity index (χ0n) is 10.0. The zero-order chi connectivity index (χ0) is 11.3. The van der Waals surface area contributed by atoms with Gasteiger partial charge in [-0.2, -0.15) is 0 Å². The van der Waals surface area contributed by atoms with Gasteiger partial charge < -0.3 is 10.1 Å². The minimum atomic E-state index is 0.512. The van der Waals surface area contributed by atoms with Gasteiger partial charge in [-0.1, -0.05) is 30.3 Å². The topological polar surface area (TPSA) is 21.3 Å². The van der Waals surface area contributed by atoms with E-state index in [1.165, 1.54) is 24.8 Å². The first-order valence-corrected chi connectivity index (χ1v) is 6.08. The van der Waals surface area contributed by atoms with Gasteiger partial charge in [-0.15, -0.1) is 0 Å². The molecule has 0 radical (unpaired) electrons. The lowest BCUT2D eigenvalue weighted by molar-refractivity contribution is 0.136. The van der Waals surface area contributed by atoms with E-state index in [1.54, 1.807) is 7.11 Å². The highest BCUT2D eigenvalue weighted by Crippen LogP contribution is 2.48. The first-order valence-electron chi connectivity index (χ1n) is 6.08. The molecule has 2 rings (SSSR count). The molecule has 0 bridgehead atoms. The van der Waals surface area contributed by atoms with Crippen molar-refractivity contribution in [3.63, 3.8) is 0 Å². The molecule has 1 aliphatic carbocycles. The maximum atomic E-state index is 5.26. The van der Waals surface area contributed by atoms with Crippen molar-refractivity contribution < 1.29 is 4.74 Å². The van der Waals surface area contributed by atoms with Crippen molar-refractivity contribution in [2.45, 2.75) is 25.8 Å². The number of rotatable bonds is 7. The molecule has 0 aromatic heterocycles. The van der Waals surface area contributed by atoms with Gasteiger partial charge in [0.25, 0.3) is 0 Å². The van der Waals surface area contributed by atoms with E-state index in [0.717, 1.165) is 19.7 Å². The Morgan fingerprint density at radius 2 is 2.00 bits per heavy atom. The molecule has 2 nitrogen and oxygen atoms in total. The van der Waals surface area contributed by atoms with Gasteiger partial charge in [0, 0.05) is 13.7 Å². The van der Waals surface area contributed by atoms with E-state index in [0.29, 0.717) is 5.41 Å². The molecule has 0 saturated heterocycles. The highest BCUT2D eigenvalue weighted by Gasteiger charge is 2.41. The largest absolute Gasteiger partial charge is 0.384 e. The Bertz CT molecular complexity index is 306. The smallest absolute Gasteiger partial charge is 0.0519 e. The van der Waals surface area contributed by atoms with Crippen molar-refractivity contribution in [2.24, 2.45) is 5.41 Å². The van der Waals surface area contributed by atoms with E-state index < -0.39 is 0 Å². The summed E-state index contributed by atoms with van der Waals surface area (Å²) in [6.45, 7) is 3.00. The summed E-state index contributed by atoms with van der Waals surface area (Å²) in [7, 11) is 1.80. The normalized spacial score (nSPS) is 17.3. The van der Waals surface area contributed by atoms with E-state index in [-0.39, 0.29) is 0 Å². The van der Waals surface area contributed by atoms with Crippen LogP contribution < -0.4 is 5.32 Å². The molecular formula is C14H21NO. The summed E-state index contributed by atoms with van der Waals surface area (Å²) >= 11 is 0. The first-order chi connectivity index (χ1) is 7.85. The second kappa shape index (κ2) is 5.46. The van der Waals surface area contributed by atoms with Crippen LogP contribution in [0.4, 0.5) is 0 Å². The number of ether oxygens (including phenoxy) is 1. The van der Waals surface area contributed by atoms with Gasteiger partial charge in [-0.25, -0.2) is 0 Å². The second-order valence-electron chi connectivity index (χ2n) is 4.85. The highest BCUT2D eigenvalue weighted by molar-refractivity contribution is 5.14. The van der Waals surface area contributed by atoms with E-state index in [1.807, 2.05) is 0 Å². The molecule has 0 heterocycles. The van der Waals surface area contributed by atoms with Gasteiger partial charge in [0.1, 0.15) is 0 Å². The standard InChI is InChI=1S/C14H21NO/c1-16-12-14(7-8-14)9-10-15-11-13-5-3-2-4-6-13/h2-6,15H,7-12H2,1H3. The van der Waals surface area contributed by atoms with E-state index in [9.17, 15) is 0 Å². The molecule has 0 spiro atoms. The summed E-state index contributed by atoms with van der Waals surface area (Å²) in [5.74, 6) is 0. The fraction of sp³-hybridized carbons (Fsp3) is 0.571. The van der Waals surface area contributed by atoms with E-state index in [4.69, 9.17) is 4.74 Å². The van der Waals surface area contributed by atoms with Gasteiger partial charge in [0.15, 0.2) is 0 Å². The molecule has 0 amide bonds. The van der Waals surface area contributed by atoms with Crippen LogP contribution in [0.1, 0.15) is 24.8 Å². The van der Waals surface area contributed by atoms with Crippen LogP contribution in [0.2, 0.25) is 0 Å². The Morgan fingerprint density at radius 1 is 1.25 bits per heavy atom. The summed E-state index contributed by atoms with van der Waals surface area (Å²) in [6.07, 6.45) is 3.93. The molecule has 1 N–H and O–H groups in total. The average molecular weight is 219 g/mol. The third kappa shape index (κ3) is 3.32. The van der Waals surface area contributed by atoms with Gasteiger partial charge >= 0.3 is 0 Å². The summed E-state index contributed by atoms with van der Waals surface area (Å²) in [5.41, 5.74) is 1.87. The van der Waals surface area contributed by atoms with Gasteiger partial charge in [0.2, 0.25) is 0 Å². The summed E-state index contributed by atoms with van der Waals surface area (Å²) < 4.78 is 5.26. The second-order valence-corrected chi connectivity index (χ2v) is 4.85. The van der Waals surface area contributed by atoms with Crippen LogP contribution >= 0.6 is 0 Å². The third-order valence-electron chi connectivity index (χ3n) is 3.41. The Hall–Kier alpha value is -0.860. The maximum Gasteiger partial charge on any atom is 0.0519 e. The molecular weight excluding hydrogens is 198 g/mol. The van der Waals surface area contributed by atoms with Gasteiger partial charge in [-0.05, 0) is 36.8 Å². The minimum absolute atomic E-state index is 0.512.